The van der Waals surface area contributed by atoms with Gasteiger partial charge in [0.15, 0.2) is 0 Å². The molecule has 0 unspecified atom stereocenters. The monoisotopic (exact) mass is 344 g/mol. The van der Waals surface area contributed by atoms with E-state index in [1.54, 1.807) is 6.92 Å². The lowest BCUT2D eigenvalue weighted by Gasteiger charge is -2.28. The number of likely N-dealkylation sites (tertiary alicyclic amines) is 1. The van der Waals surface area contributed by atoms with Gasteiger partial charge in [0, 0.05) is 32.4 Å². The quantitative estimate of drug-likeness (QED) is 0.784. The van der Waals surface area contributed by atoms with E-state index in [9.17, 15) is 9.59 Å². The van der Waals surface area contributed by atoms with Gasteiger partial charge in [-0.3, -0.25) is 14.5 Å². The average Bonchev–Trinajstić information content (AvgIpc) is 3.26. The molecule has 2 aliphatic rings. The average molecular weight is 344 g/mol. The maximum atomic E-state index is 12.0. The first-order valence-electron chi connectivity index (χ1n) is 9.24. The van der Waals surface area contributed by atoms with E-state index in [4.69, 9.17) is 0 Å². The number of anilines is 1. The zero-order valence-corrected chi connectivity index (χ0v) is 15.2. The summed E-state index contributed by atoms with van der Waals surface area (Å²) in [6.07, 6.45) is 3.44. The van der Waals surface area contributed by atoms with Gasteiger partial charge in [-0.2, -0.15) is 0 Å². The van der Waals surface area contributed by atoms with Crippen molar-refractivity contribution < 1.29 is 9.59 Å². The second kappa shape index (κ2) is 7.87. The van der Waals surface area contributed by atoms with Gasteiger partial charge in [-0.1, -0.05) is 12.1 Å². The molecule has 2 amide bonds. The lowest BCUT2D eigenvalue weighted by molar-refractivity contribution is -0.139. The number of nitrogens with one attached hydrogen (secondary N) is 2. The largest absolute Gasteiger partial charge is 0.374 e. The summed E-state index contributed by atoms with van der Waals surface area (Å²) in [6, 6.07) is 6.76. The molecular formula is C19H28N4O2. The maximum absolute atomic E-state index is 12.0. The van der Waals surface area contributed by atoms with Crippen LogP contribution < -0.4 is 15.5 Å². The Balaban J connectivity index is 1.74. The van der Waals surface area contributed by atoms with Crippen molar-refractivity contribution in [3.05, 3.63) is 29.3 Å². The van der Waals surface area contributed by atoms with Crippen molar-refractivity contribution in [1.29, 1.82) is 0 Å². The van der Waals surface area contributed by atoms with Gasteiger partial charge < -0.3 is 15.5 Å². The van der Waals surface area contributed by atoms with Crippen LogP contribution in [0.15, 0.2) is 18.2 Å². The first kappa shape index (κ1) is 17.7. The minimum absolute atomic E-state index is 0.122. The van der Waals surface area contributed by atoms with Crippen molar-refractivity contribution in [2.24, 2.45) is 0 Å². The van der Waals surface area contributed by atoms with Crippen LogP contribution in [0.2, 0.25) is 0 Å². The third-order valence-corrected chi connectivity index (χ3v) is 5.20. The van der Waals surface area contributed by atoms with Crippen LogP contribution in [0.25, 0.3) is 0 Å². The van der Waals surface area contributed by atoms with Gasteiger partial charge in [0.1, 0.15) is 0 Å². The second-order valence-corrected chi connectivity index (χ2v) is 6.89. The van der Waals surface area contributed by atoms with E-state index in [2.05, 4.69) is 45.7 Å². The fourth-order valence-corrected chi connectivity index (χ4v) is 3.82. The number of hydrogen-bond donors (Lipinski definition) is 2. The van der Waals surface area contributed by atoms with Crippen LogP contribution in [-0.4, -0.2) is 56.5 Å². The van der Waals surface area contributed by atoms with Crippen molar-refractivity contribution in [3.63, 3.8) is 0 Å². The highest BCUT2D eigenvalue weighted by Crippen LogP contribution is 2.32. The number of nitrogens with zero attached hydrogens (tertiary/aromatic N) is 2. The van der Waals surface area contributed by atoms with Crippen molar-refractivity contribution >= 4 is 17.5 Å². The topological polar surface area (TPSA) is 64.7 Å². The van der Waals surface area contributed by atoms with E-state index < -0.39 is 11.8 Å². The zero-order valence-electron chi connectivity index (χ0n) is 15.2. The minimum Gasteiger partial charge on any atom is -0.374 e. The predicted molar refractivity (Wildman–Crippen MR) is 98.7 cm³/mol. The molecule has 2 N–H and O–H groups in total. The van der Waals surface area contributed by atoms with Crippen molar-refractivity contribution in [3.8, 4) is 0 Å². The van der Waals surface area contributed by atoms with Gasteiger partial charge in [-0.15, -0.1) is 0 Å². The number of hydrogen-bond acceptors (Lipinski definition) is 4. The van der Waals surface area contributed by atoms with E-state index in [1.165, 1.54) is 29.7 Å². The lowest BCUT2D eigenvalue weighted by atomic mass is 10.0. The van der Waals surface area contributed by atoms with Gasteiger partial charge in [0.2, 0.25) is 0 Å². The Morgan fingerprint density at radius 2 is 1.84 bits per heavy atom. The zero-order chi connectivity index (χ0) is 17.8. The number of rotatable bonds is 5. The Kier molecular flexibility index (Phi) is 5.58. The van der Waals surface area contributed by atoms with Crippen molar-refractivity contribution in [2.45, 2.75) is 32.2 Å². The van der Waals surface area contributed by atoms with Crippen molar-refractivity contribution in [2.75, 3.05) is 44.7 Å². The molecule has 2 aliphatic heterocycles. The summed E-state index contributed by atoms with van der Waals surface area (Å²) in [5.74, 6) is -1.11. The van der Waals surface area contributed by atoms with E-state index in [-0.39, 0.29) is 6.04 Å². The molecule has 0 bridgehead atoms. The van der Waals surface area contributed by atoms with Gasteiger partial charge >= 0.3 is 11.8 Å². The smallest absolute Gasteiger partial charge is 0.309 e. The van der Waals surface area contributed by atoms with Gasteiger partial charge in [0.25, 0.3) is 0 Å². The molecule has 1 aromatic carbocycles. The molecule has 1 aromatic rings. The van der Waals surface area contributed by atoms with Crippen LogP contribution in [0.5, 0.6) is 0 Å². The molecule has 0 saturated carbocycles. The summed E-state index contributed by atoms with van der Waals surface area (Å²) in [6.45, 7) is 5.86. The van der Waals surface area contributed by atoms with Crippen LogP contribution in [-0.2, 0) is 16.0 Å². The molecular weight excluding hydrogens is 316 g/mol. The number of benzene rings is 1. The SMILES string of the molecule is CCNC(=O)C(=O)NC[C@@H](c1ccc2c(c1)CCN2C)N1CCCC1. The summed E-state index contributed by atoms with van der Waals surface area (Å²) >= 11 is 0. The summed E-state index contributed by atoms with van der Waals surface area (Å²) in [4.78, 5) is 28.3. The van der Waals surface area contributed by atoms with Crippen LogP contribution in [0.3, 0.4) is 0 Å². The molecule has 25 heavy (non-hydrogen) atoms. The number of carbonyl (C=O) groups excluding carboxylic acids is 2. The molecule has 0 spiro atoms. The Bertz CT molecular complexity index is 640. The van der Waals surface area contributed by atoms with Gasteiger partial charge in [-0.25, -0.2) is 0 Å². The van der Waals surface area contributed by atoms with Gasteiger partial charge in [0.05, 0.1) is 6.04 Å². The molecule has 1 fully saturated rings. The normalized spacial score (nSPS) is 18.1. The third kappa shape index (κ3) is 3.95. The molecule has 1 saturated heterocycles. The molecule has 0 radical (unpaired) electrons. The van der Waals surface area contributed by atoms with Crippen molar-refractivity contribution in [1.82, 2.24) is 15.5 Å². The van der Waals surface area contributed by atoms with E-state index in [1.807, 2.05) is 0 Å². The van der Waals surface area contributed by atoms with Crippen LogP contribution in [0.4, 0.5) is 5.69 Å². The van der Waals surface area contributed by atoms with E-state index in [0.29, 0.717) is 13.1 Å². The second-order valence-electron chi connectivity index (χ2n) is 6.89. The van der Waals surface area contributed by atoms with Crippen LogP contribution in [0, 0.1) is 0 Å². The molecule has 0 aromatic heterocycles. The van der Waals surface area contributed by atoms with Gasteiger partial charge in [-0.05, 0) is 56.5 Å². The first-order valence-corrected chi connectivity index (χ1v) is 9.24. The molecule has 6 nitrogen and oxygen atoms in total. The molecule has 2 heterocycles. The Hall–Kier alpha value is -2.08. The highest BCUT2D eigenvalue weighted by molar-refractivity contribution is 6.35. The minimum atomic E-state index is -0.557. The Morgan fingerprint density at radius 1 is 1.12 bits per heavy atom. The number of likely N-dealkylation sites (N-methyl/N-ethyl adjacent to an activating group) is 2. The molecule has 136 valence electrons. The third-order valence-electron chi connectivity index (χ3n) is 5.20. The molecule has 1 atom stereocenters. The molecule has 0 aliphatic carbocycles. The Morgan fingerprint density at radius 3 is 2.56 bits per heavy atom. The molecule has 3 rings (SSSR count). The highest BCUT2D eigenvalue weighted by Gasteiger charge is 2.26. The number of carbonyl (C=O) groups is 2. The summed E-state index contributed by atoms with van der Waals surface area (Å²) < 4.78 is 0. The fourth-order valence-electron chi connectivity index (χ4n) is 3.82. The highest BCUT2D eigenvalue weighted by atomic mass is 16.2. The van der Waals surface area contributed by atoms with E-state index in [0.717, 1.165) is 26.1 Å². The maximum Gasteiger partial charge on any atom is 0.309 e. The summed E-state index contributed by atoms with van der Waals surface area (Å²) in [5.41, 5.74) is 3.90. The summed E-state index contributed by atoms with van der Waals surface area (Å²) in [7, 11) is 2.12. The predicted octanol–water partition coefficient (Wildman–Crippen LogP) is 1.07. The van der Waals surface area contributed by atoms with E-state index >= 15 is 0 Å². The summed E-state index contributed by atoms with van der Waals surface area (Å²) in [5, 5.41) is 5.36. The van der Waals surface area contributed by atoms with Crippen LogP contribution >= 0.6 is 0 Å². The fraction of sp³-hybridized carbons (Fsp3) is 0.579. The molecule has 6 heteroatoms. The van der Waals surface area contributed by atoms with Crippen LogP contribution in [0.1, 0.15) is 36.9 Å². The first-order chi connectivity index (χ1) is 12.1. The lowest BCUT2D eigenvalue weighted by Crippen LogP contribution is -2.43. The number of fused-ring (bicyclic) bond motifs is 1. The Labute approximate surface area is 149 Å². The number of amides is 2. The standard InChI is InChI=1S/C19H28N4O2/c1-3-20-18(24)19(25)21-13-17(23-9-4-5-10-23)14-6-7-16-15(12-14)8-11-22(16)2/h6-7,12,17H,3-5,8-11,13H2,1-2H3,(H,20,24)(H,21,25)/t17-/m0/s1.